The van der Waals surface area contributed by atoms with Crippen LogP contribution in [0.2, 0.25) is 0 Å². The van der Waals surface area contributed by atoms with Gasteiger partial charge in [0.1, 0.15) is 17.3 Å². The predicted octanol–water partition coefficient (Wildman–Crippen LogP) is -0.0459. The molecule has 0 spiro atoms. The Labute approximate surface area is 112 Å². The lowest BCUT2D eigenvalue weighted by atomic mass is 10.4. The fourth-order valence-corrected chi connectivity index (χ4v) is 3.09. The molecular formula is C10H18N4O4S. The number of H-pyrrole nitrogens is 1. The Morgan fingerprint density at radius 2 is 2.21 bits per heavy atom. The van der Waals surface area contributed by atoms with Crippen molar-refractivity contribution in [2.24, 2.45) is 0 Å². The van der Waals surface area contributed by atoms with Gasteiger partial charge in [0.25, 0.3) is 0 Å². The summed E-state index contributed by atoms with van der Waals surface area (Å²) in [5, 5.41) is 5.93. The van der Waals surface area contributed by atoms with Crippen LogP contribution in [0.3, 0.4) is 0 Å². The maximum atomic E-state index is 12.4. The molecule has 0 aliphatic rings. The van der Waals surface area contributed by atoms with Crippen LogP contribution < -0.4 is 5.73 Å². The fourth-order valence-electron chi connectivity index (χ4n) is 1.50. The Balaban J connectivity index is 3.06. The Morgan fingerprint density at radius 1 is 1.58 bits per heavy atom. The standard InChI is InChI=1S/C10H18N4O4S/c1-4-18-9(15)6-14(7(2)3)19(16,17)8-5-12-13-10(8)11/h5,7H,4,6H2,1-3H3,(H3,11,12,13). The smallest absolute Gasteiger partial charge is 0.321 e. The first-order chi connectivity index (χ1) is 8.80. The normalized spacial score (nSPS) is 12.1. The number of anilines is 1. The molecule has 9 heteroatoms. The van der Waals surface area contributed by atoms with Gasteiger partial charge in [-0.1, -0.05) is 0 Å². The largest absolute Gasteiger partial charge is 0.465 e. The molecule has 0 saturated carbocycles. The SMILES string of the molecule is CCOC(=O)CN(C(C)C)S(=O)(=O)c1cn[nH]c1N. The van der Waals surface area contributed by atoms with Crippen molar-refractivity contribution in [2.45, 2.75) is 31.7 Å². The van der Waals surface area contributed by atoms with Crippen molar-refractivity contribution >= 4 is 21.8 Å². The van der Waals surface area contributed by atoms with Gasteiger partial charge in [-0.3, -0.25) is 9.89 Å². The Bertz CT molecular complexity index is 537. The van der Waals surface area contributed by atoms with E-state index in [1.165, 1.54) is 0 Å². The van der Waals surface area contributed by atoms with E-state index in [1.807, 2.05) is 0 Å². The molecule has 19 heavy (non-hydrogen) atoms. The molecule has 0 saturated heterocycles. The zero-order chi connectivity index (χ0) is 14.6. The lowest BCUT2D eigenvalue weighted by Gasteiger charge is -2.24. The zero-order valence-electron chi connectivity index (χ0n) is 11.1. The summed E-state index contributed by atoms with van der Waals surface area (Å²) in [6.07, 6.45) is 1.12. The van der Waals surface area contributed by atoms with Crippen molar-refractivity contribution < 1.29 is 17.9 Å². The average molecular weight is 290 g/mol. The molecule has 0 amide bonds. The molecule has 1 aromatic rings. The van der Waals surface area contributed by atoms with Gasteiger partial charge in [0, 0.05) is 6.04 Å². The maximum absolute atomic E-state index is 12.4. The third-order valence-corrected chi connectivity index (χ3v) is 4.43. The van der Waals surface area contributed by atoms with Crippen molar-refractivity contribution in [3.05, 3.63) is 6.20 Å². The molecule has 0 atom stereocenters. The highest BCUT2D eigenvalue weighted by Gasteiger charge is 2.32. The van der Waals surface area contributed by atoms with Gasteiger partial charge < -0.3 is 10.5 Å². The summed E-state index contributed by atoms with van der Waals surface area (Å²) in [6, 6.07) is -0.413. The van der Waals surface area contributed by atoms with E-state index in [1.54, 1.807) is 20.8 Å². The van der Waals surface area contributed by atoms with E-state index < -0.39 is 22.0 Å². The number of nitrogens with zero attached hydrogens (tertiary/aromatic N) is 2. The van der Waals surface area contributed by atoms with Crippen LogP contribution in [-0.2, 0) is 19.6 Å². The van der Waals surface area contributed by atoms with Crippen LogP contribution in [0.4, 0.5) is 5.82 Å². The molecular weight excluding hydrogens is 272 g/mol. The number of carbonyl (C=O) groups excluding carboxylic acids is 1. The molecule has 0 aliphatic heterocycles. The minimum absolute atomic E-state index is 0.0606. The highest BCUT2D eigenvalue weighted by Crippen LogP contribution is 2.21. The lowest BCUT2D eigenvalue weighted by molar-refractivity contribution is -0.143. The monoisotopic (exact) mass is 290 g/mol. The number of ether oxygens (including phenoxy) is 1. The van der Waals surface area contributed by atoms with Crippen LogP contribution in [0.25, 0.3) is 0 Å². The lowest BCUT2D eigenvalue weighted by Crippen LogP contribution is -2.41. The van der Waals surface area contributed by atoms with Crippen molar-refractivity contribution in [3.8, 4) is 0 Å². The summed E-state index contributed by atoms with van der Waals surface area (Å²) < 4.78 is 30.5. The molecule has 8 nitrogen and oxygen atoms in total. The molecule has 0 aromatic carbocycles. The Morgan fingerprint density at radius 3 is 2.63 bits per heavy atom. The second-order valence-electron chi connectivity index (χ2n) is 4.10. The van der Waals surface area contributed by atoms with Gasteiger partial charge in [-0.25, -0.2) is 8.42 Å². The van der Waals surface area contributed by atoms with Gasteiger partial charge >= 0.3 is 5.97 Å². The highest BCUT2D eigenvalue weighted by molar-refractivity contribution is 7.89. The van der Waals surface area contributed by atoms with Crippen LogP contribution in [0.15, 0.2) is 11.1 Å². The van der Waals surface area contributed by atoms with E-state index in [9.17, 15) is 13.2 Å². The predicted molar refractivity (Wildman–Crippen MR) is 68.7 cm³/mol. The van der Waals surface area contributed by atoms with Crippen LogP contribution in [-0.4, -0.2) is 48.1 Å². The van der Waals surface area contributed by atoms with Crippen molar-refractivity contribution in [1.82, 2.24) is 14.5 Å². The number of nitrogens with one attached hydrogen (secondary N) is 1. The number of nitrogen functional groups attached to an aromatic ring is 1. The summed E-state index contributed by atoms with van der Waals surface area (Å²) in [4.78, 5) is 11.3. The number of aromatic nitrogens is 2. The number of sulfonamides is 1. The minimum atomic E-state index is -3.89. The molecule has 0 bridgehead atoms. The molecule has 0 aliphatic carbocycles. The Kier molecular flexibility index (Phi) is 4.90. The summed E-state index contributed by atoms with van der Waals surface area (Å²) in [7, 11) is -3.89. The molecule has 108 valence electrons. The van der Waals surface area contributed by atoms with Gasteiger partial charge in [0.2, 0.25) is 10.0 Å². The number of rotatable bonds is 6. The van der Waals surface area contributed by atoms with Gasteiger partial charge in [-0.15, -0.1) is 0 Å². The molecule has 1 rings (SSSR count). The quantitative estimate of drug-likeness (QED) is 0.709. The van der Waals surface area contributed by atoms with Gasteiger partial charge in [0.15, 0.2) is 0 Å². The van der Waals surface area contributed by atoms with E-state index in [2.05, 4.69) is 10.2 Å². The maximum Gasteiger partial charge on any atom is 0.321 e. The molecule has 3 N–H and O–H groups in total. The molecule has 0 radical (unpaired) electrons. The molecule has 0 unspecified atom stereocenters. The second-order valence-corrected chi connectivity index (χ2v) is 5.96. The van der Waals surface area contributed by atoms with Gasteiger partial charge in [0.05, 0.1) is 12.8 Å². The summed E-state index contributed by atoms with van der Waals surface area (Å²) in [5.74, 6) is -0.670. The zero-order valence-corrected chi connectivity index (χ0v) is 11.9. The fraction of sp³-hybridized carbons (Fsp3) is 0.600. The summed E-state index contributed by atoms with van der Waals surface area (Å²) in [6.45, 7) is 4.80. The van der Waals surface area contributed by atoms with E-state index in [4.69, 9.17) is 10.5 Å². The van der Waals surface area contributed by atoms with Gasteiger partial charge in [-0.2, -0.15) is 9.40 Å². The minimum Gasteiger partial charge on any atom is -0.465 e. The number of hydrogen-bond donors (Lipinski definition) is 2. The van der Waals surface area contributed by atoms with Crippen LogP contribution in [0, 0.1) is 0 Å². The summed E-state index contributed by atoms with van der Waals surface area (Å²) >= 11 is 0. The first-order valence-corrected chi connectivity index (χ1v) is 7.21. The van der Waals surface area contributed by atoms with E-state index >= 15 is 0 Å². The second kappa shape index (κ2) is 6.02. The van der Waals surface area contributed by atoms with Crippen molar-refractivity contribution in [1.29, 1.82) is 0 Å². The molecule has 1 heterocycles. The number of hydrogen-bond acceptors (Lipinski definition) is 6. The Hall–Kier alpha value is -1.61. The van der Waals surface area contributed by atoms with E-state index in [-0.39, 0.29) is 23.9 Å². The molecule has 0 fully saturated rings. The van der Waals surface area contributed by atoms with Crippen LogP contribution in [0.1, 0.15) is 20.8 Å². The topological polar surface area (TPSA) is 118 Å². The summed E-state index contributed by atoms with van der Waals surface area (Å²) in [5.41, 5.74) is 5.51. The van der Waals surface area contributed by atoms with Crippen LogP contribution in [0.5, 0.6) is 0 Å². The third-order valence-electron chi connectivity index (χ3n) is 2.39. The average Bonchev–Trinajstić information content (AvgIpc) is 2.72. The first kappa shape index (κ1) is 15.4. The van der Waals surface area contributed by atoms with Crippen molar-refractivity contribution in [3.63, 3.8) is 0 Å². The number of aromatic amines is 1. The van der Waals surface area contributed by atoms with Crippen molar-refractivity contribution in [2.75, 3.05) is 18.9 Å². The van der Waals surface area contributed by atoms with Gasteiger partial charge in [-0.05, 0) is 20.8 Å². The number of nitrogens with two attached hydrogens (primary N) is 1. The van der Waals surface area contributed by atoms with E-state index in [0.29, 0.717) is 0 Å². The highest BCUT2D eigenvalue weighted by atomic mass is 32.2. The number of esters is 1. The number of carbonyl (C=O) groups is 1. The van der Waals surface area contributed by atoms with Crippen LogP contribution >= 0.6 is 0 Å². The first-order valence-electron chi connectivity index (χ1n) is 5.77. The van der Waals surface area contributed by atoms with E-state index in [0.717, 1.165) is 10.5 Å². The molecule has 1 aromatic heterocycles. The third kappa shape index (κ3) is 3.44.